The molecule has 1 aliphatic rings. The number of nitrogens with one attached hydrogen (secondary N) is 1. The summed E-state index contributed by atoms with van der Waals surface area (Å²) >= 11 is 0. The Labute approximate surface area is 156 Å². The van der Waals surface area contributed by atoms with Crippen LogP contribution in [0.2, 0.25) is 0 Å². The van der Waals surface area contributed by atoms with Crippen molar-refractivity contribution in [2.75, 3.05) is 12.3 Å². The molecule has 2 atom stereocenters. The molecule has 1 aliphatic carbocycles. The third-order valence-corrected chi connectivity index (χ3v) is 6.96. The summed E-state index contributed by atoms with van der Waals surface area (Å²) in [5.74, 6) is -0.753. The molecule has 1 amide bonds. The molecule has 0 heterocycles. The SMILES string of the molecule is CC(C)(C)c1ccc(S(=O)(=O)CC2CCCCC2C(=O)NCC#N)cc1. The molecule has 5 nitrogen and oxygen atoms in total. The molecule has 1 saturated carbocycles. The number of hydrogen-bond acceptors (Lipinski definition) is 4. The van der Waals surface area contributed by atoms with Gasteiger partial charge in [-0.3, -0.25) is 4.79 Å². The van der Waals surface area contributed by atoms with Gasteiger partial charge in [0, 0.05) is 5.92 Å². The van der Waals surface area contributed by atoms with Crippen molar-refractivity contribution >= 4 is 15.7 Å². The number of sulfone groups is 1. The van der Waals surface area contributed by atoms with E-state index < -0.39 is 9.84 Å². The van der Waals surface area contributed by atoms with Crippen molar-refractivity contribution in [2.24, 2.45) is 11.8 Å². The summed E-state index contributed by atoms with van der Waals surface area (Å²) in [7, 11) is -3.45. The third-order valence-electron chi connectivity index (χ3n) is 5.10. The van der Waals surface area contributed by atoms with Crippen molar-refractivity contribution in [3.63, 3.8) is 0 Å². The van der Waals surface area contributed by atoms with Crippen LogP contribution in [0.15, 0.2) is 29.2 Å². The van der Waals surface area contributed by atoms with Gasteiger partial charge >= 0.3 is 0 Å². The first-order valence-corrected chi connectivity index (χ1v) is 10.8. The van der Waals surface area contributed by atoms with Crippen molar-refractivity contribution in [1.29, 1.82) is 5.26 Å². The van der Waals surface area contributed by atoms with Crippen molar-refractivity contribution in [3.05, 3.63) is 29.8 Å². The third kappa shape index (κ3) is 5.07. The zero-order valence-corrected chi connectivity index (χ0v) is 16.6. The Morgan fingerprint density at radius 3 is 2.38 bits per heavy atom. The Morgan fingerprint density at radius 2 is 1.81 bits per heavy atom. The van der Waals surface area contributed by atoms with Gasteiger partial charge in [0.25, 0.3) is 0 Å². The highest BCUT2D eigenvalue weighted by molar-refractivity contribution is 7.91. The maximum absolute atomic E-state index is 12.9. The molecule has 142 valence electrons. The molecular weight excluding hydrogens is 348 g/mol. The Balaban J connectivity index is 2.15. The lowest BCUT2D eigenvalue weighted by Crippen LogP contribution is -2.39. The standard InChI is InChI=1S/C20H28N2O3S/c1-20(2,3)16-8-10-17(11-9-16)26(24,25)14-15-6-4-5-7-18(15)19(23)22-13-12-21/h8-11,15,18H,4-7,13-14H2,1-3H3,(H,22,23). The summed E-state index contributed by atoms with van der Waals surface area (Å²) in [6.45, 7) is 6.22. The summed E-state index contributed by atoms with van der Waals surface area (Å²) in [5, 5.41) is 11.2. The molecule has 0 radical (unpaired) electrons. The fraction of sp³-hybridized carbons (Fsp3) is 0.600. The van der Waals surface area contributed by atoms with Crippen molar-refractivity contribution < 1.29 is 13.2 Å². The molecule has 0 spiro atoms. The molecule has 1 fully saturated rings. The predicted molar refractivity (Wildman–Crippen MR) is 101 cm³/mol. The van der Waals surface area contributed by atoms with Gasteiger partial charge in [-0.1, -0.05) is 45.7 Å². The Morgan fingerprint density at radius 1 is 1.19 bits per heavy atom. The first-order chi connectivity index (χ1) is 12.1. The fourth-order valence-corrected chi connectivity index (χ4v) is 5.26. The molecular formula is C20H28N2O3S. The molecule has 6 heteroatoms. The van der Waals surface area contributed by atoms with E-state index in [2.05, 4.69) is 26.1 Å². The number of nitriles is 1. The second-order valence-electron chi connectivity index (χ2n) is 8.08. The number of hydrogen-bond donors (Lipinski definition) is 1. The Bertz CT molecular complexity index is 771. The van der Waals surface area contributed by atoms with Crippen LogP contribution in [0.3, 0.4) is 0 Å². The highest BCUT2D eigenvalue weighted by atomic mass is 32.2. The van der Waals surface area contributed by atoms with Crippen LogP contribution in [0.5, 0.6) is 0 Å². The number of benzene rings is 1. The second kappa shape index (κ2) is 8.22. The van der Waals surface area contributed by atoms with E-state index in [-0.39, 0.29) is 35.5 Å². The van der Waals surface area contributed by atoms with Crippen molar-refractivity contribution in [3.8, 4) is 6.07 Å². The van der Waals surface area contributed by atoms with Crippen LogP contribution < -0.4 is 5.32 Å². The van der Waals surface area contributed by atoms with E-state index >= 15 is 0 Å². The highest BCUT2D eigenvalue weighted by Crippen LogP contribution is 2.33. The number of carbonyl (C=O) groups is 1. The average Bonchev–Trinajstić information content (AvgIpc) is 2.59. The molecule has 2 unspecified atom stereocenters. The molecule has 1 N–H and O–H groups in total. The van der Waals surface area contributed by atoms with E-state index in [1.807, 2.05) is 18.2 Å². The van der Waals surface area contributed by atoms with Crippen LogP contribution in [0.1, 0.15) is 52.0 Å². The van der Waals surface area contributed by atoms with Crippen LogP contribution in [0, 0.1) is 23.2 Å². The topological polar surface area (TPSA) is 87.0 Å². The maximum Gasteiger partial charge on any atom is 0.224 e. The monoisotopic (exact) mass is 376 g/mol. The lowest BCUT2D eigenvalue weighted by molar-refractivity contribution is -0.127. The van der Waals surface area contributed by atoms with E-state index in [1.165, 1.54) is 0 Å². The van der Waals surface area contributed by atoms with Gasteiger partial charge < -0.3 is 5.32 Å². The van der Waals surface area contributed by atoms with Gasteiger partial charge in [-0.2, -0.15) is 5.26 Å². The van der Waals surface area contributed by atoms with Crippen molar-refractivity contribution in [2.45, 2.75) is 56.8 Å². The quantitative estimate of drug-likeness (QED) is 0.800. The highest BCUT2D eigenvalue weighted by Gasteiger charge is 2.34. The molecule has 1 aromatic rings. The van der Waals surface area contributed by atoms with Crippen molar-refractivity contribution in [1.82, 2.24) is 5.32 Å². The molecule has 1 aromatic carbocycles. The summed E-state index contributed by atoms with van der Waals surface area (Å²) in [6.07, 6.45) is 3.26. The minimum absolute atomic E-state index is 0.0213. The summed E-state index contributed by atoms with van der Waals surface area (Å²) in [6, 6.07) is 8.97. The Hall–Kier alpha value is -1.87. The van der Waals surface area contributed by atoms with Crippen LogP contribution in [0.4, 0.5) is 0 Å². The van der Waals surface area contributed by atoms with Crippen LogP contribution in [0.25, 0.3) is 0 Å². The van der Waals surface area contributed by atoms with E-state index in [4.69, 9.17) is 5.26 Å². The molecule has 0 bridgehead atoms. The van der Waals surface area contributed by atoms with Gasteiger partial charge in [0.2, 0.25) is 5.91 Å². The smallest absolute Gasteiger partial charge is 0.224 e. The second-order valence-corrected chi connectivity index (χ2v) is 10.1. The predicted octanol–water partition coefficient (Wildman–Crippen LogP) is 3.20. The van der Waals surface area contributed by atoms with Gasteiger partial charge in [0.05, 0.1) is 16.7 Å². The fourth-order valence-electron chi connectivity index (χ4n) is 3.55. The van der Waals surface area contributed by atoms with Gasteiger partial charge in [0.1, 0.15) is 6.54 Å². The summed E-state index contributed by atoms with van der Waals surface area (Å²) in [4.78, 5) is 12.6. The largest absolute Gasteiger partial charge is 0.343 e. The van der Waals surface area contributed by atoms with Crippen LogP contribution in [-0.2, 0) is 20.0 Å². The number of carbonyl (C=O) groups excluding carboxylic acids is 1. The first-order valence-electron chi connectivity index (χ1n) is 9.13. The lowest BCUT2D eigenvalue weighted by Gasteiger charge is -2.30. The van der Waals surface area contributed by atoms with Gasteiger partial charge in [0.15, 0.2) is 9.84 Å². The van der Waals surface area contributed by atoms with E-state index in [0.29, 0.717) is 11.3 Å². The van der Waals surface area contributed by atoms with Gasteiger partial charge in [-0.25, -0.2) is 8.42 Å². The van der Waals surface area contributed by atoms with Gasteiger partial charge in [-0.05, 0) is 41.9 Å². The van der Waals surface area contributed by atoms with E-state index in [9.17, 15) is 13.2 Å². The minimum atomic E-state index is -3.45. The zero-order valence-electron chi connectivity index (χ0n) is 15.8. The number of rotatable bonds is 5. The van der Waals surface area contributed by atoms with Crippen LogP contribution in [-0.4, -0.2) is 26.6 Å². The summed E-state index contributed by atoms with van der Waals surface area (Å²) < 4.78 is 25.7. The summed E-state index contributed by atoms with van der Waals surface area (Å²) in [5.41, 5.74) is 1.05. The molecule has 2 rings (SSSR count). The number of nitrogens with zero attached hydrogens (tertiary/aromatic N) is 1. The maximum atomic E-state index is 12.9. The molecule has 0 aromatic heterocycles. The Kier molecular flexibility index (Phi) is 6.46. The first kappa shape index (κ1) is 20.4. The average molecular weight is 377 g/mol. The van der Waals surface area contributed by atoms with E-state index in [1.54, 1.807) is 12.1 Å². The molecule has 0 saturated heterocycles. The normalized spacial score (nSPS) is 21.0. The number of amides is 1. The molecule has 0 aliphatic heterocycles. The van der Waals surface area contributed by atoms with Gasteiger partial charge in [-0.15, -0.1) is 0 Å². The lowest BCUT2D eigenvalue weighted by atomic mass is 9.80. The zero-order chi connectivity index (χ0) is 19.4. The molecule has 26 heavy (non-hydrogen) atoms. The van der Waals surface area contributed by atoms with Crippen LogP contribution >= 0.6 is 0 Å². The minimum Gasteiger partial charge on any atom is -0.343 e. The van der Waals surface area contributed by atoms with E-state index in [0.717, 1.165) is 24.8 Å².